The van der Waals surface area contributed by atoms with Gasteiger partial charge in [0.05, 0.1) is 63.1 Å². The molecule has 0 bridgehead atoms. The van der Waals surface area contributed by atoms with E-state index in [9.17, 15) is 0 Å². The molecule has 6 nitrogen and oxygen atoms in total. The number of hydrogen-bond acceptors (Lipinski definition) is 7. The normalized spacial score (nSPS) is 18.8. The van der Waals surface area contributed by atoms with Crippen molar-refractivity contribution in [3.63, 3.8) is 0 Å². The minimum absolute atomic E-state index is 0. The van der Waals surface area contributed by atoms with Gasteiger partial charge in [0.1, 0.15) is 5.01 Å². The Morgan fingerprint density at radius 3 is 1.98 bits per heavy atom. The zero-order valence-electron chi connectivity index (χ0n) is 23.4. The standard InChI is InChI=1S/C15H20N2OS.C11H14N2S.C4H8Br2O.CH4/c1-16-15(7-9-18-10-8-15)14-17-13(11-19-14)12-5-3-2-4-6-12;12-7-6-11-13-10(8-14-11)9-4-2-1-3-5-9;5-1-3-7-4-2-6;/h11-12H,2-10H2;8-9H,1-6H2;1-4H2;1H4. The minimum Gasteiger partial charge on any atom is -0.381 e. The fraction of sp³-hybridized carbons (Fsp3) is 0.742. The van der Waals surface area contributed by atoms with E-state index in [0.717, 1.165) is 46.7 Å². The summed E-state index contributed by atoms with van der Waals surface area (Å²) in [5.74, 6) is 1.31. The Labute approximate surface area is 272 Å². The largest absolute Gasteiger partial charge is 0.381 e. The van der Waals surface area contributed by atoms with Gasteiger partial charge in [0, 0.05) is 33.3 Å². The van der Waals surface area contributed by atoms with Crippen molar-refractivity contribution in [1.29, 1.82) is 5.26 Å². The Balaban J connectivity index is 0.000000236. The molecule has 41 heavy (non-hydrogen) atoms. The highest BCUT2D eigenvalue weighted by Crippen LogP contribution is 2.41. The van der Waals surface area contributed by atoms with Crippen LogP contribution in [0.1, 0.15) is 118 Å². The number of thiazole rings is 2. The summed E-state index contributed by atoms with van der Waals surface area (Å²) in [4.78, 5) is 13.3. The van der Waals surface area contributed by atoms with Crippen molar-refractivity contribution in [3.05, 3.63) is 43.6 Å². The van der Waals surface area contributed by atoms with Crippen LogP contribution in [0.4, 0.5) is 0 Å². The molecule has 1 saturated heterocycles. The van der Waals surface area contributed by atoms with Gasteiger partial charge in [0.25, 0.3) is 5.54 Å². The van der Waals surface area contributed by atoms with Crippen LogP contribution in [0.5, 0.6) is 0 Å². The molecule has 3 heterocycles. The maximum atomic E-state index is 8.56. The Morgan fingerprint density at radius 2 is 1.46 bits per heavy atom. The van der Waals surface area contributed by atoms with Gasteiger partial charge in [-0.15, -0.1) is 22.7 Å². The zero-order chi connectivity index (χ0) is 28.5. The van der Waals surface area contributed by atoms with E-state index in [1.165, 1.54) is 75.6 Å². The predicted octanol–water partition coefficient (Wildman–Crippen LogP) is 9.80. The van der Waals surface area contributed by atoms with Crippen molar-refractivity contribution in [1.82, 2.24) is 9.97 Å². The molecule has 5 rings (SSSR count). The van der Waals surface area contributed by atoms with Crippen molar-refractivity contribution < 1.29 is 9.47 Å². The van der Waals surface area contributed by atoms with Crippen LogP contribution >= 0.6 is 54.5 Å². The van der Waals surface area contributed by atoms with Gasteiger partial charge in [-0.05, 0) is 25.7 Å². The Kier molecular flexibility index (Phi) is 18.5. The average molecular weight is 731 g/mol. The van der Waals surface area contributed by atoms with E-state index in [4.69, 9.17) is 26.3 Å². The molecule has 2 aromatic heterocycles. The average Bonchev–Trinajstić information content (AvgIpc) is 3.71. The smallest absolute Gasteiger partial charge is 0.287 e. The highest BCUT2D eigenvalue weighted by Gasteiger charge is 2.44. The molecule has 0 unspecified atom stereocenters. The van der Waals surface area contributed by atoms with E-state index < -0.39 is 5.54 Å². The molecule has 2 aromatic rings. The molecule has 0 atom stereocenters. The summed E-state index contributed by atoms with van der Waals surface area (Å²) in [7, 11) is 0. The second kappa shape index (κ2) is 20.9. The first-order valence-electron chi connectivity index (χ1n) is 14.6. The van der Waals surface area contributed by atoms with Gasteiger partial charge in [0.15, 0.2) is 5.01 Å². The van der Waals surface area contributed by atoms with Crippen LogP contribution in [0.25, 0.3) is 4.85 Å². The van der Waals surface area contributed by atoms with E-state index in [2.05, 4.69) is 58.5 Å². The third-order valence-electron chi connectivity index (χ3n) is 7.74. The minimum atomic E-state index is -0.393. The highest BCUT2D eigenvalue weighted by molar-refractivity contribution is 9.09. The molecule has 10 heteroatoms. The number of ether oxygens (including phenoxy) is 2. The molecule has 0 radical (unpaired) electrons. The Bertz CT molecular complexity index is 1040. The third kappa shape index (κ3) is 12.0. The van der Waals surface area contributed by atoms with Crippen LogP contribution in [0.15, 0.2) is 10.8 Å². The fourth-order valence-corrected chi connectivity index (χ4v) is 7.81. The summed E-state index contributed by atoms with van der Waals surface area (Å²) in [6.45, 7) is 10.6. The topological polar surface area (TPSA) is 72.4 Å². The third-order valence-corrected chi connectivity index (χ3v) is 10.3. The lowest BCUT2D eigenvalue weighted by molar-refractivity contribution is 0.0645. The lowest BCUT2D eigenvalue weighted by atomic mass is 9.87. The van der Waals surface area contributed by atoms with E-state index >= 15 is 0 Å². The second-order valence-electron chi connectivity index (χ2n) is 10.5. The first kappa shape index (κ1) is 36.3. The van der Waals surface area contributed by atoms with Gasteiger partial charge < -0.3 is 14.3 Å². The molecule has 3 aliphatic rings. The number of rotatable bonds is 8. The first-order chi connectivity index (χ1) is 19.7. The van der Waals surface area contributed by atoms with Crippen LogP contribution in [0.3, 0.4) is 0 Å². The molecule has 2 aliphatic carbocycles. The van der Waals surface area contributed by atoms with E-state index in [-0.39, 0.29) is 7.43 Å². The molecule has 0 amide bonds. The zero-order valence-corrected chi connectivity index (χ0v) is 28.2. The van der Waals surface area contributed by atoms with Gasteiger partial charge >= 0.3 is 0 Å². The first-order valence-corrected chi connectivity index (χ1v) is 18.6. The lowest BCUT2D eigenvalue weighted by Gasteiger charge is -2.24. The summed E-state index contributed by atoms with van der Waals surface area (Å²) in [6, 6.07) is 2.15. The number of halogens is 2. The van der Waals surface area contributed by atoms with E-state index in [1.54, 1.807) is 22.7 Å². The SMILES string of the molecule is BrCCOCCBr.C.N#CCc1nc(C2CCCCC2)cs1.[C-]#[N+]C1(c2nc(C3CCCCC3)cs2)CCOCC1. The fourth-order valence-electron chi connectivity index (χ4n) is 5.44. The molecule has 2 saturated carbocycles. The molecule has 1 aliphatic heterocycles. The maximum absolute atomic E-state index is 8.56. The Morgan fingerprint density at radius 1 is 0.927 bits per heavy atom. The highest BCUT2D eigenvalue weighted by atomic mass is 79.9. The van der Waals surface area contributed by atoms with Crippen molar-refractivity contribution in [3.8, 4) is 6.07 Å². The lowest BCUT2D eigenvalue weighted by Crippen LogP contribution is -2.30. The number of aromatic nitrogens is 2. The molecule has 0 N–H and O–H groups in total. The number of hydrogen-bond donors (Lipinski definition) is 0. The molecule has 0 spiro atoms. The maximum Gasteiger partial charge on any atom is 0.287 e. The van der Waals surface area contributed by atoms with Crippen molar-refractivity contribution in [2.75, 3.05) is 37.1 Å². The van der Waals surface area contributed by atoms with E-state index in [1.807, 2.05) is 0 Å². The quantitative estimate of drug-likeness (QED) is 0.154. The summed E-state index contributed by atoms with van der Waals surface area (Å²) >= 11 is 9.81. The monoisotopic (exact) mass is 728 g/mol. The summed E-state index contributed by atoms with van der Waals surface area (Å²) in [5.41, 5.74) is 2.09. The molecule has 3 fully saturated rings. The second-order valence-corrected chi connectivity index (χ2v) is 13.9. The van der Waals surface area contributed by atoms with Crippen molar-refractivity contribution in [2.24, 2.45) is 0 Å². The van der Waals surface area contributed by atoms with Gasteiger partial charge in [-0.2, -0.15) is 5.26 Å². The molecular formula is C31H46Br2N4O2S2. The summed E-state index contributed by atoms with van der Waals surface area (Å²) in [5, 5.41) is 16.8. The van der Waals surface area contributed by atoms with Crippen LogP contribution < -0.4 is 0 Å². The van der Waals surface area contributed by atoms with Crippen molar-refractivity contribution in [2.45, 2.75) is 108 Å². The van der Waals surface area contributed by atoms with Gasteiger partial charge in [-0.3, -0.25) is 0 Å². The van der Waals surface area contributed by atoms with Gasteiger partial charge in [-0.1, -0.05) is 77.8 Å². The number of nitrogens with zero attached hydrogens (tertiary/aromatic N) is 4. The number of nitriles is 1. The summed E-state index contributed by atoms with van der Waals surface area (Å²) in [6.07, 6.45) is 15.3. The van der Waals surface area contributed by atoms with Crippen LogP contribution in [-0.2, 0) is 21.4 Å². The molecular weight excluding hydrogens is 684 g/mol. The van der Waals surface area contributed by atoms with Crippen molar-refractivity contribution >= 4 is 54.5 Å². The predicted molar refractivity (Wildman–Crippen MR) is 179 cm³/mol. The molecule has 0 aromatic carbocycles. The number of alkyl halides is 2. The van der Waals surface area contributed by atoms with Crippen LogP contribution in [0.2, 0.25) is 0 Å². The molecule has 228 valence electrons. The van der Waals surface area contributed by atoms with Gasteiger partial charge in [-0.25, -0.2) is 16.5 Å². The van der Waals surface area contributed by atoms with E-state index in [0.29, 0.717) is 31.5 Å². The van der Waals surface area contributed by atoms with Crippen LogP contribution in [0, 0.1) is 17.9 Å². The Hall–Kier alpha value is -0.880. The summed E-state index contributed by atoms with van der Waals surface area (Å²) < 4.78 is 10.4. The van der Waals surface area contributed by atoms with Crippen LogP contribution in [-0.4, -0.2) is 47.1 Å². The van der Waals surface area contributed by atoms with Gasteiger partial charge in [0.2, 0.25) is 0 Å².